The lowest BCUT2D eigenvalue weighted by atomic mass is 9.99. The SMILES string of the molecule is O=C(NC1CC2CCC(C1)N2)c1ccc2c(c1)C(=O)N(Cc1ccccc1)C2=O. The van der Waals surface area contributed by atoms with E-state index < -0.39 is 0 Å². The predicted octanol–water partition coefficient (Wildman–Crippen LogP) is 2.50. The summed E-state index contributed by atoms with van der Waals surface area (Å²) in [7, 11) is 0. The van der Waals surface area contributed by atoms with Crippen LogP contribution in [0, 0.1) is 0 Å². The first-order valence-electron chi connectivity index (χ1n) is 10.2. The topological polar surface area (TPSA) is 78.5 Å². The number of benzene rings is 2. The summed E-state index contributed by atoms with van der Waals surface area (Å²) in [5.41, 5.74) is 1.99. The van der Waals surface area contributed by atoms with Crippen molar-refractivity contribution in [3.8, 4) is 0 Å². The molecule has 0 radical (unpaired) electrons. The second kappa shape index (κ2) is 7.12. The lowest BCUT2D eigenvalue weighted by molar-refractivity contribution is 0.0642. The standard InChI is InChI=1S/C23H23N3O3/c27-21(25-18-11-16-7-8-17(12-18)24-16)15-6-9-19-20(10-15)23(29)26(22(19)28)13-14-4-2-1-3-5-14/h1-6,9-10,16-18,24H,7-8,11-13H2,(H,25,27). The Kier molecular flexibility index (Phi) is 4.43. The van der Waals surface area contributed by atoms with Gasteiger partial charge < -0.3 is 10.6 Å². The zero-order valence-electron chi connectivity index (χ0n) is 16.1. The number of hydrogen-bond acceptors (Lipinski definition) is 4. The van der Waals surface area contributed by atoms with Gasteiger partial charge in [-0.1, -0.05) is 30.3 Å². The first kappa shape index (κ1) is 18.1. The van der Waals surface area contributed by atoms with Gasteiger partial charge in [-0.2, -0.15) is 0 Å². The Morgan fingerprint density at radius 1 is 0.966 bits per heavy atom. The molecule has 0 aliphatic carbocycles. The molecule has 3 heterocycles. The molecule has 29 heavy (non-hydrogen) atoms. The zero-order valence-corrected chi connectivity index (χ0v) is 16.1. The molecule has 3 amide bonds. The lowest BCUT2D eigenvalue weighted by Crippen LogP contribution is -2.48. The molecule has 2 aromatic carbocycles. The summed E-state index contributed by atoms with van der Waals surface area (Å²) < 4.78 is 0. The van der Waals surface area contributed by atoms with Gasteiger partial charge in [-0.3, -0.25) is 19.3 Å². The van der Waals surface area contributed by atoms with Crippen molar-refractivity contribution in [3.05, 3.63) is 70.8 Å². The third-order valence-electron chi connectivity index (χ3n) is 6.22. The molecule has 2 N–H and O–H groups in total. The molecule has 2 unspecified atom stereocenters. The van der Waals surface area contributed by atoms with E-state index in [2.05, 4.69) is 10.6 Å². The van der Waals surface area contributed by atoms with Crippen molar-refractivity contribution in [1.82, 2.24) is 15.5 Å². The Bertz CT molecular complexity index is 976. The van der Waals surface area contributed by atoms with Gasteiger partial charge in [0, 0.05) is 23.7 Å². The van der Waals surface area contributed by atoms with Crippen LogP contribution in [-0.2, 0) is 6.54 Å². The van der Waals surface area contributed by atoms with E-state index in [0.717, 1.165) is 18.4 Å². The van der Waals surface area contributed by atoms with E-state index in [1.807, 2.05) is 30.3 Å². The number of carbonyl (C=O) groups excluding carboxylic acids is 3. The largest absolute Gasteiger partial charge is 0.349 e. The second-order valence-electron chi connectivity index (χ2n) is 8.22. The van der Waals surface area contributed by atoms with Crippen LogP contribution < -0.4 is 10.6 Å². The van der Waals surface area contributed by atoms with Crippen LogP contribution in [0.25, 0.3) is 0 Å². The Hall–Kier alpha value is -2.99. The summed E-state index contributed by atoms with van der Waals surface area (Å²) in [5.74, 6) is -0.833. The van der Waals surface area contributed by atoms with E-state index in [1.165, 1.54) is 17.7 Å². The molecular formula is C23H23N3O3. The third kappa shape index (κ3) is 3.34. The molecular weight excluding hydrogens is 366 g/mol. The molecule has 2 atom stereocenters. The van der Waals surface area contributed by atoms with Crippen LogP contribution in [0.2, 0.25) is 0 Å². The number of hydrogen-bond donors (Lipinski definition) is 2. The van der Waals surface area contributed by atoms with Crippen LogP contribution in [0.1, 0.15) is 62.3 Å². The third-order valence-corrected chi connectivity index (χ3v) is 6.22. The fourth-order valence-electron chi connectivity index (χ4n) is 4.79. The van der Waals surface area contributed by atoms with Crippen molar-refractivity contribution in [3.63, 3.8) is 0 Å². The van der Waals surface area contributed by atoms with E-state index in [4.69, 9.17) is 0 Å². The van der Waals surface area contributed by atoms with E-state index in [-0.39, 0.29) is 30.3 Å². The molecule has 0 aromatic heterocycles. The lowest BCUT2D eigenvalue weighted by Gasteiger charge is -2.29. The van der Waals surface area contributed by atoms with E-state index in [1.54, 1.807) is 18.2 Å². The van der Waals surface area contributed by atoms with E-state index in [0.29, 0.717) is 28.8 Å². The van der Waals surface area contributed by atoms with Crippen LogP contribution in [0.3, 0.4) is 0 Å². The van der Waals surface area contributed by atoms with Gasteiger partial charge in [0.2, 0.25) is 0 Å². The molecule has 2 fully saturated rings. The Morgan fingerprint density at radius 3 is 2.38 bits per heavy atom. The molecule has 6 nitrogen and oxygen atoms in total. The smallest absolute Gasteiger partial charge is 0.261 e. The average Bonchev–Trinajstić information content (AvgIpc) is 3.19. The molecule has 2 saturated heterocycles. The molecule has 3 aliphatic rings. The van der Waals surface area contributed by atoms with Crippen molar-refractivity contribution in [2.45, 2.75) is 50.4 Å². The van der Waals surface area contributed by atoms with Gasteiger partial charge in [0.25, 0.3) is 17.7 Å². The fraction of sp³-hybridized carbons (Fsp3) is 0.348. The highest BCUT2D eigenvalue weighted by molar-refractivity contribution is 6.22. The maximum absolute atomic E-state index is 12.8. The molecule has 0 saturated carbocycles. The monoisotopic (exact) mass is 389 g/mol. The average molecular weight is 389 g/mol. The first-order valence-corrected chi connectivity index (χ1v) is 10.2. The van der Waals surface area contributed by atoms with Crippen molar-refractivity contribution >= 4 is 17.7 Å². The molecule has 2 aromatic rings. The molecule has 5 rings (SSSR count). The number of imide groups is 1. The highest BCUT2D eigenvalue weighted by atomic mass is 16.2. The van der Waals surface area contributed by atoms with Crippen LogP contribution in [-0.4, -0.2) is 40.7 Å². The maximum atomic E-state index is 12.8. The molecule has 6 heteroatoms. The van der Waals surface area contributed by atoms with Gasteiger partial charge in [-0.15, -0.1) is 0 Å². The van der Waals surface area contributed by atoms with Crippen LogP contribution in [0.15, 0.2) is 48.5 Å². The number of carbonyl (C=O) groups is 3. The van der Waals surface area contributed by atoms with Gasteiger partial charge >= 0.3 is 0 Å². The minimum absolute atomic E-state index is 0.154. The summed E-state index contributed by atoms with van der Waals surface area (Å²) in [6, 6.07) is 15.4. The minimum atomic E-state index is -0.344. The predicted molar refractivity (Wildman–Crippen MR) is 108 cm³/mol. The second-order valence-corrected chi connectivity index (χ2v) is 8.22. The minimum Gasteiger partial charge on any atom is -0.349 e. The summed E-state index contributed by atoms with van der Waals surface area (Å²) in [6.07, 6.45) is 4.22. The summed E-state index contributed by atoms with van der Waals surface area (Å²) >= 11 is 0. The molecule has 3 aliphatic heterocycles. The van der Waals surface area contributed by atoms with Gasteiger partial charge in [-0.05, 0) is 49.4 Å². The Balaban J connectivity index is 1.32. The number of rotatable bonds is 4. The summed E-state index contributed by atoms with van der Waals surface area (Å²) in [6.45, 7) is 0.229. The van der Waals surface area contributed by atoms with Crippen LogP contribution in [0.5, 0.6) is 0 Å². The first-order chi connectivity index (χ1) is 14.1. The number of amides is 3. The van der Waals surface area contributed by atoms with Gasteiger partial charge in [0.15, 0.2) is 0 Å². The number of fused-ring (bicyclic) bond motifs is 3. The Morgan fingerprint density at radius 2 is 1.66 bits per heavy atom. The fourth-order valence-corrected chi connectivity index (χ4v) is 4.79. The van der Waals surface area contributed by atoms with Crippen molar-refractivity contribution in [1.29, 1.82) is 0 Å². The summed E-state index contributed by atoms with van der Waals surface area (Å²) in [4.78, 5) is 39.5. The summed E-state index contributed by atoms with van der Waals surface area (Å²) in [5, 5.41) is 6.68. The highest BCUT2D eigenvalue weighted by Crippen LogP contribution is 2.28. The number of piperidine rings is 1. The molecule has 0 spiro atoms. The molecule has 2 bridgehead atoms. The van der Waals surface area contributed by atoms with Gasteiger partial charge in [0.05, 0.1) is 17.7 Å². The zero-order chi connectivity index (χ0) is 20.0. The van der Waals surface area contributed by atoms with Gasteiger partial charge in [-0.25, -0.2) is 0 Å². The molecule has 148 valence electrons. The van der Waals surface area contributed by atoms with E-state index in [9.17, 15) is 14.4 Å². The number of nitrogens with zero attached hydrogens (tertiary/aromatic N) is 1. The van der Waals surface area contributed by atoms with Crippen molar-refractivity contribution < 1.29 is 14.4 Å². The van der Waals surface area contributed by atoms with Crippen molar-refractivity contribution in [2.24, 2.45) is 0 Å². The number of nitrogens with one attached hydrogen (secondary N) is 2. The van der Waals surface area contributed by atoms with Gasteiger partial charge in [0.1, 0.15) is 0 Å². The highest BCUT2D eigenvalue weighted by Gasteiger charge is 2.37. The van der Waals surface area contributed by atoms with Crippen LogP contribution in [0.4, 0.5) is 0 Å². The van der Waals surface area contributed by atoms with Crippen LogP contribution >= 0.6 is 0 Å². The normalized spacial score (nSPS) is 25.2. The van der Waals surface area contributed by atoms with E-state index >= 15 is 0 Å². The quantitative estimate of drug-likeness (QED) is 0.788. The Labute approximate surface area is 169 Å². The maximum Gasteiger partial charge on any atom is 0.261 e. The van der Waals surface area contributed by atoms with Crippen molar-refractivity contribution in [2.75, 3.05) is 0 Å².